The third-order valence-electron chi connectivity index (χ3n) is 2.84. The average Bonchev–Trinajstić information content (AvgIpc) is 2.28. The molecular weight excluding hydrogens is 233 g/mol. The summed E-state index contributed by atoms with van der Waals surface area (Å²) < 4.78 is 18.0. The number of amides is 1. The second-order valence-electron chi connectivity index (χ2n) is 4.54. The van der Waals surface area contributed by atoms with E-state index in [1.165, 1.54) is 18.2 Å². The Labute approximate surface area is 108 Å². The molecule has 0 radical (unpaired) electrons. The number of carbonyl (C=O) groups excluding carboxylic acids is 1. The van der Waals surface area contributed by atoms with E-state index in [0.29, 0.717) is 24.3 Å². The highest BCUT2D eigenvalue weighted by Crippen LogP contribution is 2.14. The summed E-state index contributed by atoms with van der Waals surface area (Å²) in [6, 6.07) is 4.31. The van der Waals surface area contributed by atoms with Crippen LogP contribution in [0.25, 0.3) is 0 Å². The quantitative estimate of drug-likeness (QED) is 0.807. The fourth-order valence-corrected chi connectivity index (χ4v) is 1.81. The van der Waals surface area contributed by atoms with Gasteiger partial charge in [0.2, 0.25) is 0 Å². The van der Waals surface area contributed by atoms with E-state index in [2.05, 4.69) is 0 Å². The number of hydrogen-bond donors (Lipinski definition) is 0. The van der Waals surface area contributed by atoms with Crippen LogP contribution >= 0.6 is 0 Å². The average molecular weight is 253 g/mol. The van der Waals surface area contributed by atoms with E-state index in [4.69, 9.17) is 4.74 Å². The topological polar surface area (TPSA) is 29.5 Å². The monoisotopic (exact) mass is 253 g/mol. The summed E-state index contributed by atoms with van der Waals surface area (Å²) in [6.07, 6.45) is 0. The van der Waals surface area contributed by atoms with Gasteiger partial charge in [0, 0.05) is 25.3 Å². The minimum atomic E-state index is -0.322. The molecule has 1 amide bonds. The molecule has 3 nitrogen and oxygen atoms in total. The van der Waals surface area contributed by atoms with Gasteiger partial charge in [-0.2, -0.15) is 0 Å². The van der Waals surface area contributed by atoms with Gasteiger partial charge in [0.05, 0.1) is 6.61 Å². The minimum Gasteiger partial charge on any atom is -0.383 e. The molecule has 0 atom stereocenters. The molecule has 0 bridgehead atoms. The summed E-state index contributed by atoms with van der Waals surface area (Å²) in [7, 11) is 1.60. The Balaban J connectivity index is 2.94. The largest absolute Gasteiger partial charge is 0.383 e. The van der Waals surface area contributed by atoms with Crippen LogP contribution in [0.1, 0.15) is 29.8 Å². The van der Waals surface area contributed by atoms with Crippen LogP contribution in [-0.4, -0.2) is 37.1 Å². The van der Waals surface area contributed by atoms with Gasteiger partial charge in [-0.05, 0) is 44.5 Å². The number of ether oxygens (including phenoxy) is 1. The zero-order valence-corrected chi connectivity index (χ0v) is 11.4. The first-order valence-corrected chi connectivity index (χ1v) is 6.03. The van der Waals surface area contributed by atoms with Crippen molar-refractivity contribution in [2.45, 2.75) is 26.8 Å². The van der Waals surface area contributed by atoms with Crippen molar-refractivity contribution >= 4 is 5.91 Å². The normalized spacial score (nSPS) is 10.8. The Morgan fingerprint density at radius 1 is 1.44 bits per heavy atom. The van der Waals surface area contributed by atoms with Gasteiger partial charge in [-0.25, -0.2) is 4.39 Å². The highest BCUT2D eigenvalue weighted by molar-refractivity contribution is 5.95. The molecule has 0 saturated carbocycles. The van der Waals surface area contributed by atoms with Gasteiger partial charge in [0.1, 0.15) is 5.82 Å². The van der Waals surface area contributed by atoms with Crippen molar-refractivity contribution in [2.75, 3.05) is 20.3 Å². The first kappa shape index (κ1) is 14.6. The van der Waals surface area contributed by atoms with Gasteiger partial charge in [-0.1, -0.05) is 0 Å². The molecule has 0 fully saturated rings. The van der Waals surface area contributed by atoms with Gasteiger partial charge >= 0.3 is 0 Å². The molecule has 1 rings (SSSR count). The lowest BCUT2D eigenvalue weighted by Crippen LogP contribution is -2.39. The van der Waals surface area contributed by atoms with Gasteiger partial charge in [-0.15, -0.1) is 0 Å². The summed E-state index contributed by atoms with van der Waals surface area (Å²) >= 11 is 0. The number of nitrogens with zero attached hydrogens (tertiary/aromatic N) is 1. The Morgan fingerprint density at radius 2 is 2.11 bits per heavy atom. The number of benzene rings is 1. The molecule has 1 aromatic carbocycles. The summed E-state index contributed by atoms with van der Waals surface area (Å²) in [5.41, 5.74) is 1.20. The predicted molar refractivity (Wildman–Crippen MR) is 69.2 cm³/mol. The molecule has 100 valence electrons. The molecule has 4 heteroatoms. The maximum Gasteiger partial charge on any atom is 0.254 e. The minimum absolute atomic E-state index is 0.0807. The highest BCUT2D eigenvalue weighted by Gasteiger charge is 2.20. The first-order valence-electron chi connectivity index (χ1n) is 6.03. The molecule has 0 unspecified atom stereocenters. The van der Waals surface area contributed by atoms with E-state index < -0.39 is 0 Å². The number of hydrogen-bond acceptors (Lipinski definition) is 2. The molecule has 0 N–H and O–H groups in total. The number of aryl methyl sites for hydroxylation is 1. The molecule has 0 saturated heterocycles. The van der Waals surface area contributed by atoms with Gasteiger partial charge < -0.3 is 9.64 Å². The Kier molecular flexibility index (Phi) is 5.28. The van der Waals surface area contributed by atoms with E-state index in [1.54, 1.807) is 18.9 Å². The van der Waals surface area contributed by atoms with Gasteiger partial charge in [-0.3, -0.25) is 4.79 Å². The third kappa shape index (κ3) is 3.53. The Morgan fingerprint density at radius 3 is 2.61 bits per heavy atom. The lowest BCUT2D eigenvalue weighted by atomic mass is 10.1. The number of halogens is 1. The number of rotatable bonds is 5. The molecule has 0 heterocycles. The third-order valence-corrected chi connectivity index (χ3v) is 2.84. The van der Waals surface area contributed by atoms with Crippen LogP contribution < -0.4 is 0 Å². The number of carbonyl (C=O) groups is 1. The summed E-state index contributed by atoms with van der Waals surface area (Å²) in [6.45, 7) is 6.66. The summed E-state index contributed by atoms with van der Waals surface area (Å²) in [5.74, 6) is -0.406. The molecule has 0 aliphatic rings. The van der Waals surface area contributed by atoms with E-state index >= 15 is 0 Å². The van der Waals surface area contributed by atoms with Crippen LogP contribution in [0.15, 0.2) is 18.2 Å². The fraction of sp³-hybridized carbons (Fsp3) is 0.500. The molecule has 1 aromatic rings. The standard InChI is InChI=1S/C14H20FNO2/c1-10(2)16(7-8-18-4)14(17)13-6-5-12(15)9-11(13)3/h5-6,9-10H,7-8H2,1-4H3. The molecule has 18 heavy (non-hydrogen) atoms. The van der Waals surface area contributed by atoms with Crippen molar-refractivity contribution in [1.82, 2.24) is 4.90 Å². The maximum absolute atomic E-state index is 13.0. The summed E-state index contributed by atoms with van der Waals surface area (Å²) in [5, 5.41) is 0. The molecule has 0 spiro atoms. The Bertz CT molecular complexity index is 418. The smallest absolute Gasteiger partial charge is 0.254 e. The van der Waals surface area contributed by atoms with Crippen LogP contribution in [-0.2, 0) is 4.74 Å². The van der Waals surface area contributed by atoms with Crippen LogP contribution in [0.2, 0.25) is 0 Å². The van der Waals surface area contributed by atoms with Crippen molar-refractivity contribution in [2.24, 2.45) is 0 Å². The SMILES string of the molecule is COCCN(C(=O)c1ccc(F)cc1C)C(C)C. The maximum atomic E-state index is 13.0. The first-order chi connectivity index (χ1) is 8.47. The number of methoxy groups -OCH3 is 1. The van der Waals surface area contributed by atoms with E-state index in [-0.39, 0.29) is 17.8 Å². The van der Waals surface area contributed by atoms with E-state index in [9.17, 15) is 9.18 Å². The molecular formula is C14H20FNO2. The Hall–Kier alpha value is -1.42. The molecule has 0 aliphatic heterocycles. The predicted octanol–water partition coefficient (Wildman–Crippen LogP) is 2.63. The van der Waals surface area contributed by atoms with Crippen LogP contribution in [0.3, 0.4) is 0 Å². The van der Waals surface area contributed by atoms with E-state index in [1.807, 2.05) is 13.8 Å². The van der Waals surface area contributed by atoms with Gasteiger partial charge in [0.25, 0.3) is 5.91 Å². The lowest BCUT2D eigenvalue weighted by molar-refractivity contribution is 0.0634. The zero-order chi connectivity index (χ0) is 13.7. The second kappa shape index (κ2) is 6.50. The molecule has 0 aliphatic carbocycles. The van der Waals surface area contributed by atoms with Crippen molar-refractivity contribution in [3.63, 3.8) is 0 Å². The molecule has 0 aromatic heterocycles. The van der Waals surface area contributed by atoms with Crippen molar-refractivity contribution in [3.05, 3.63) is 35.1 Å². The fourth-order valence-electron chi connectivity index (χ4n) is 1.81. The van der Waals surface area contributed by atoms with Crippen molar-refractivity contribution in [1.29, 1.82) is 0 Å². The highest BCUT2D eigenvalue weighted by atomic mass is 19.1. The van der Waals surface area contributed by atoms with Crippen LogP contribution in [0.5, 0.6) is 0 Å². The van der Waals surface area contributed by atoms with E-state index in [0.717, 1.165) is 0 Å². The van der Waals surface area contributed by atoms with Crippen LogP contribution in [0, 0.1) is 12.7 Å². The second-order valence-corrected chi connectivity index (χ2v) is 4.54. The van der Waals surface area contributed by atoms with Gasteiger partial charge in [0.15, 0.2) is 0 Å². The van der Waals surface area contributed by atoms with Crippen molar-refractivity contribution in [3.8, 4) is 0 Å². The zero-order valence-electron chi connectivity index (χ0n) is 11.4. The summed E-state index contributed by atoms with van der Waals surface area (Å²) in [4.78, 5) is 14.1. The van der Waals surface area contributed by atoms with Crippen LogP contribution in [0.4, 0.5) is 4.39 Å². The lowest BCUT2D eigenvalue weighted by Gasteiger charge is -2.27. The van der Waals surface area contributed by atoms with Crippen molar-refractivity contribution < 1.29 is 13.9 Å².